The average molecular weight is 314 g/mol. The van der Waals surface area contributed by atoms with Crippen LogP contribution in [0.3, 0.4) is 0 Å². The van der Waals surface area contributed by atoms with E-state index in [0.29, 0.717) is 30.5 Å². The summed E-state index contributed by atoms with van der Waals surface area (Å²) in [5.74, 6) is 1.38. The molecule has 1 aliphatic rings. The van der Waals surface area contributed by atoms with Gasteiger partial charge in [0.1, 0.15) is 0 Å². The fourth-order valence-electron chi connectivity index (χ4n) is 2.43. The highest BCUT2D eigenvalue weighted by Crippen LogP contribution is 2.38. The molecule has 4 nitrogen and oxygen atoms in total. The van der Waals surface area contributed by atoms with E-state index < -0.39 is 0 Å². The van der Waals surface area contributed by atoms with Crippen molar-refractivity contribution in [3.8, 4) is 11.5 Å². The number of halogens is 1. The van der Waals surface area contributed by atoms with Crippen molar-refractivity contribution in [1.82, 2.24) is 4.90 Å². The molecule has 0 saturated carbocycles. The summed E-state index contributed by atoms with van der Waals surface area (Å²) in [6.07, 6.45) is 3.13. The molecule has 0 saturated heterocycles. The van der Waals surface area contributed by atoms with Crippen LogP contribution in [-0.2, 0) is 6.54 Å². The van der Waals surface area contributed by atoms with Crippen LogP contribution in [0.2, 0.25) is 5.02 Å². The lowest BCUT2D eigenvalue weighted by molar-refractivity contribution is 0.188. The van der Waals surface area contributed by atoms with E-state index in [-0.39, 0.29) is 6.61 Å². The molecule has 0 radical (unpaired) electrons. The first-order chi connectivity index (χ1) is 10.2. The van der Waals surface area contributed by atoms with Gasteiger partial charge in [-0.1, -0.05) is 24.9 Å². The number of hydrogen-bond acceptors (Lipinski definition) is 4. The number of fused-ring (bicyclic) bond motifs is 1. The molecule has 1 N–H and O–H groups in total. The van der Waals surface area contributed by atoms with Crippen molar-refractivity contribution < 1.29 is 14.6 Å². The highest BCUT2D eigenvalue weighted by atomic mass is 35.5. The van der Waals surface area contributed by atoms with Gasteiger partial charge >= 0.3 is 0 Å². The molecular formula is C16H24ClNO3. The third kappa shape index (κ3) is 4.77. The van der Waals surface area contributed by atoms with Gasteiger partial charge in [0.25, 0.3) is 0 Å². The maximum Gasteiger partial charge on any atom is 0.179 e. The molecule has 0 aliphatic carbocycles. The van der Waals surface area contributed by atoms with E-state index in [1.54, 1.807) is 0 Å². The molecular weight excluding hydrogens is 290 g/mol. The predicted molar refractivity (Wildman–Crippen MR) is 84.3 cm³/mol. The van der Waals surface area contributed by atoms with Crippen LogP contribution in [0.1, 0.15) is 31.7 Å². The quantitative estimate of drug-likeness (QED) is 0.840. The predicted octanol–water partition coefficient (Wildman–Crippen LogP) is 3.10. The summed E-state index contributed by atoms with van der Waals surface area (Å²) in [4.78, 5) is 2.24. The second kappa shape index (κ2) is 8.47. The number of unbranched alkanes of at least 4 members (excludes halogenated alkanes) is 1. The van der Waals surface area contributed by atoms with Crippen molar-refractivity contribution in [2.75, 3.05) is 32.9 Å². The Kier molecular flexibility index (Phi) is 6.61. The normalized spacial score (nSPS) is 14.3. The van der Waals surface area contributed by atoms with Gasteiger partial charge in [-0.05, 0) is 30.7 Å². The third-order valence-corrected chi connectivity index (χ3v) is 3.79. The molecule has 1 aromatic rings. The van der Waals surface area contributed by atoms with Crippen molar-refractivity contribution in [1.29, 1.82) is 0 Å². The second-order valence-electron chi connectivity index (χ2n) is 5.31. The Morgan fingerprint density at radius 2 is 2.05 bits per heavy atom. The standard InChI is InChI=1S/C16H24ClNO3/c1-2-3-5-18(6-7-19)12-13-10-14(17)16-15(11-13)20-8-4-9-21-16/h10-11,19H,2-9,12H2,1H3. The minimum atomic E-state index is 0.169. The molecule has 0 atom stereocenters. The topological polar surface area (TPSA) is 41.9 Å². The molecule has 0 amide bonds. The fraction of sp³-hybridized carbons (Fsp3) is 0.625. The molecule has 1 heterocycles. The molecule has 0 spiro atoms. The Morgan fingerprint density at radius 1 is 1.24 bits per heavy atom. The van der Waals surface area contributed by atoms with Crippen molar-refractivity contribution in [2.24, 2.45) is 0 Å². The largest absolute Gasteiger partial charge is 0.489 e. The number of hydrogen-bond donors (Lipinski definition) is 1. The Hall–Kier alpha value is -0.970. The first kappa shape index (κ1) is 16.4. The van der Waals surface area contributed by atoms with E-state index in [9.17, 15) is 5.11 Å². The summed E-state index contributed by atoms with van der Waals surface area (Å²) in [7, 11) is 0. The molecule has 2 rings (SSSR count). The van der Waals surface area contributed by atoms with E-state index in [0.717, 1.165) is 43.7 Å². The Labute approximate surface area is 131 Å². The lowest BCUT2D eigenvalue weighted by atomic mass is 10.1. The Balaban J connectivity index is 2.11. The smallest absolute Gasteiger partial charge is 0.179 e. The molecule has 21 heavy (non-hydrogen) atoms. The lowest BCUT2D eigenvalue weighted by Gasteiger charge is -2.22. The summed E-state index contributed by atoms with van der Waals surface area (Å²) in [6, 6.07) is 3.94. The van der Waals surface area contributed by atoms with Crippen molar-refractivity contribution in [3.63, 3.8) is 0 Å². The van der Waals surface area contributed by atoms with Gasteiger partial charge in [0, 0.05) is 19.5 Å². The highest BCUT2D eigenvalue weighted by molar-refractivity contribution is 6.32. The molecule has 118 valence electrons. The molecule has 0 bridgehead atoms. The minimum Gasteiger partial charge on any atom is -0.489 e. The van der Waals surface area contributed by atoms with E-state index in [1.807, 2.05) is 12.1 Å². The van der Waals surface area contributed by atoms with Crippen molar-refractivity contribution in [2.45, 2.75) is 32.7 Å². The molecule has 0 unspecified atom stereocenters. The van der Waals surface area contributed by atoms with Gasteiger partial charge in [0.05, 0.1) is 24.8 Å². The zero-order chi connectivity index (χ0) is 15.1. The number of benzene rings is 1. The summed E-state index contributed by atoms with van der Waals surface area (Å²) >= 11 is 6.31. The minimum absolute atomic E-state index is 0.169. The summed E-state index contributed by atoms with van der Waals surface area (Å²) in [5.41, 5.74) is 1.09. The van der Waals surface area contributed by atoms with Crippen LogP contribution in [0, 0.1) is 0 Å². The summed E-state index contributed by atoms with van der Waals surface area (Å²) in [5, 5.41) is 9.79. The first-order valence-electron chi connectivity index (χ1n) is 7.65. The lowest BCUT2D eigenvalue weighted by Crippen LogP contribution is -2.27. The van der Waals surface area contributed by atoms with Gasteiger partial charge in [-0.25, -0.2) is 0 Å². The number of ether oxygens (including phenoxy) is 2. The molecule has 0 aromatic heterocycles. The Morgan fingerprint density at radius 3 is 2.81 bits per heavy atom. The maximum atomic E-state index is 9.19. The zero-order valence-corrected chi connectivity index (χ0v) is 13.4. The Bertz CT molecular complexity index is 453. The molecule has 1 aromatic carbocycles. The summed E-state index contributed by atoms with van der Waals surface area (Å²) < 4.78 is 11.4. The molecule has 1 aliphatic heterocycles. The van der Waals surface area contributed by atoms with Crippen LogP contribution >= 0.6 is 11.6 Å². The third-order valence-electron chi connectivity index (χ3n) is 3.51. The monoisotopic (exact) mass is 313 g/mol. The zero-order valence-electron chi connectivity index (χ0n) is 12.6. The van der Waals surface area contributed by atoms with Gasteiger partial charge in [0.15, 0.2) is 11.5 Å². The van der Waals surface area contributed by atoms with Crippen LogP contribution in [0.4, 0.5) is 0 Å². The van der Waals surface area contributed by atoms with E-state index in [4.69, 9.17) is 21.1 Å². The van der Waals surface area contributed by atoms with Crippen molar-refractivity contribution in [3.05, 3.63) is 22.7 Å². The van der Waals surface area contributed by atoms with E-state index >= 15 is 0 Å². The first-order valence-corrected chi connectivity index (χ1v) is 8.03. The molecule has 5 heteroatoms. The van der Waals surface area contributed by atoms with Crippen LogP contribution in [0.5, 0.6) is 11.5 Å². The van der Waals surface area contributed by atoms with Crippen LogP contribution in [-0.4, -0.2) is 42.9 Å². The van der Waals surface area contributed by atoms with Gasteiger partial charge < -0.3 is 14.6 Å². The summed E-state index contributed by atoms with van der Waals surface area (Å²) in [6.45, 7) is 6.04. The van der Waals surface area contributed by atoms with Gasteiger partial charge in [-0.3, -0.25) is 4.90 Å². The van der Waals surface area contributed by atoms with Crippen LogP contribution in [0.15, 0.2) is 12.1 Å². The van der Waals surface area contributed by atoms with Crippen molar-refractivity contribution >= 4 is 11.6 Å². The SMILES string of the molecule is CCCCN(CCO)Cc1cc(Cl)c2c(c1)OCCCO2. The number of nitrogens with zero attached hydrogens (tertiary/aromatic N) is 1. The highest BCUT2D eigenvalue weighted by Gasteiger charge is 2.16. The van der Waals surface area contributed by atoms with Gasteiger partial charge in [-0.2, -0.15) is 0 Å². The average Bonchev–Trinajstić information content (AvgIpc) is 2.70. The number of aliphatic hydroxyl groups excluding tert-OH is 1. The van der Waals surface area contributed by atoms with Crippen LogP contribution < -0.4 is 9.47 Å². The number of aliphatic hydroxyl groups is 1. The molecule has 0 fully saturated rings. The number of rotatable bonds is 7. The van der Waals surface area contributed by atoms with Gasteiger partial charge in [0.2, 0.25) is 0 Å². The van der Waals surface area contributed by atoms with Gasteiger partial charge in [-0.15, -0.1) is 0 Å². The fourth-order valence-corrected chi connectivity index (χ4v) is 2.71. The maximum absolute atomic E-state index is 9.19. The van der Waals surface area contributed by atoms with E-state index in [1.165, 1.54) is 0 Å². The van der Waals surface area contributed by atoms with E-state index in [2.05, 4.69) is 11.8 Å². The second-order valence-corrected chi connectivity index (χ2v) is 5.72. The van der Waals surface area contributed by atoms with Crippen LogP contribution in [0.25, 0.3) is 0 Å².